The maximum absolute atomic E-state index is 14.0. The summed E-state index contributed by atoms with van der Waals surface area (Å²) in [7, 11) is -4.14. The minimum Gasteiger partial charge on any atom is -0.352 e. The molecule has 0 heterocycles. The van der Waals surface area contributed by atoms with Crippen LogP contribution in [0.15, 0.2) is 77.7 Å². The molecule has 3 aromatic rings. The largest absolute Gasteiger partial charge is 0.352 e. The molecular weight excluding hydrogens is 557 g/mol. The van der Waals surface area contributed by atoms with Gasteiger partial charge >= 0.3 is 0 Å². The van der Waals surface area contributed by atoms with Crippen LogP contribution in [0.4, 0.5) is 5.69 Å². The highest BCUT2D eigenvalue weighted by molar-refractivity contribution is 7.92. The number of sulfonamides is 1. The second-order valence-corrected chi connectivity index (χ2v) is 12.0. The molecule has 0 radical (unpaired) electrons. The summed E-state index contributed by atoms with van der Waals surface area (Å²) in [6.45, 7) is 6.53. The highest BCUT2D eigenvalue weighted by Gasteiger charge is 2.33. The predicted octanol–water partition coefficient (Wildman–Crippen LogP) is 5.69. The van der Waals surface area contributed by atoms with Gasteiger partial charge in [-0.1, -0.05) is 72.6 Å². The summed E-state index contributed by atoms with van der Waals surface area (Å²) in [6, 6.07) is 18.9. The predicted molar refractivity (Wildman–Crippen MR) is 157 cm³/mol. The third kappa shape index (κ3) is 7.32. The molecule has 208 valence electrons. The first-order valence-electron chi connectivity index (χ1n) is 12.7. The molecule has 0 spiro atoms. The van der Waals surface area contributed by atoms with Crippen molar-refractivity contribution in [3.05, 3.63) is 94.0 Å². The number of carbonyl (C=O) groups excluding carboxylic acids is 2. The molecule has 0 saturated carbocycles. The first kappa shape index (κ1) is 30.5. The summed E-state index contributed by atoms with van der Waals surface area (Å²) in [5.41, 5.74) is 1.62. The van der Waals surface area contributed by atoms with E-state index in [-0.39, 0.29) is 23.4 Å². The average molecular weight is 591 g/mol. The van der Waals surface area contributed by atoms with E-state index < -0.39 is 28.5 Å². The van der Waals surface area contributed by atoms with Gasteiger partial charge in [0.1, 0.15) is 12.6 Å². The number of benzene rings is 3. The Morgan fingerprint density at radius 1 is 0.872 bits per heavy atom. The number of amides is 2. The molecule has 7 nitrogen and oxygen atoms in total. The minimum absolute atomic E-state index is 0.0509. The van der Waals surface area contributed by atoms with Crippen molar-refractivity contribution in [2.75, 3.05) is 10.8 Å². The average Bonchev–Trinajstić information content (AvgIpc) is 2.91. The van der Waals surface area contributed by atoms with Crippen molar-refractivity contribution in [2.24, 2.45) is 0 Å². The lowest BCUT2D eigenvalue weighted by Crippen LogP contribution is -2.52. The molecule has 0 aliphatic heterocycles. The molecule has 0 aliphatic carbocycles. The van der Waals surface area contributed by atoms with E-state index in [1.807, 2.05) is 32.9 Å². The minimum atomic E-state index is -4.14. The fourth-order valence-electron chi connectivity index (χ4n) is 4.13. The smallest absolute Gasteiger partial charge is 0.264 e. The molecular formula is C29H33Cl2N3O4S. The van der Waals surface area contributed by atoms with E-state index >= 15 is 0 Å². The van der Waals surface area contributed by atoms with Crippen LogP contribution in [0, 0.1) is 0 Å². The Morgan fingerprint density at radius 3 is 2.05 bits per heavy atom. The number of hydrogen-bond acceptors (Lipinski definition) is 4. The van der Waals surface area contributed by atoms with Gasteiger partial charge in [-0.25, -0.2) is 8.42 Å². The van der Waals surface area contributed by atoms with Gasteiger partial charge in [0.2, 0.25) is 11.8 Å². The Bertz CT molecular complexity index is 1390. The van der Waals surface area contributed by atoms with E-state index in [0.717, 1.165) is 9.87 Å². The van der Waals surface area contributed by atoms with Crippen LogP contribution in [0.5, 0.6) is 0 Å². The summed E-state index contributed by atoms with van der Waals surface area (Å²) in [6.07, 6.45) is 0.553. The first-order valence-corrected chi connectivity index (χ1v) is 14.8. The Labute approximate surface area is 240 Å². The van der Waals surface area contributed by atoms with Crippen LogP contribution in [0.1, 0.15) is 38.8 Å². The fourth-order valence-corrected chi connectivity index (χ4v) is 6.12. The Morgan fingerprint density at radius 2 is 1.46 bits per heavy atom. The Kier molecular flexibility index (Phi) is 10.4. The van der Waals surface area contributed by atoms with Gasteiger partial charge in [0, 0.05) is 28.2 Å². The molecule has 0 saturated heterocycles. The van der Waals surface area contributed by atoms with Crippen molar-refractivity contribution in [3.8, 4) is 0 Å². The molecule has 1 N–H and O–H groups in total. The van der Waals surface area contributed by atoms with Crippen molar-refractivity contribution in [1.82, 2.24) is 10.2 Å². The standard InChI is InChI=1S/C29H33Cl2N3O4S/c1-5-22-12-9-10-17-27(22)34(39(37,38)23-13-7-6-8-14-23)19-28(35)33(21(4)29(36)32-20(2)3)18-24-25(30)15-11-16-26(24)31/h6-17,20-21H,5,18-19H2,1-4H3,(H,32,36). The van der Waals surface area contributed by atoms with E-state index in [1.165, 1.54) is 17.0 Å². The SMILES string of the molecule is CCc1ccccc1N(CC(=O)N(Cc1c(Cl)cccc1Cl)C(C)C(=O)NC(C)C)S(=O)(=O)c1ccccc1. The lowest BCUT2D eigenvalue weighted by atomic mass is 10.1. The molecule has 0 fully saturated rings. The number of rotatable bonds is 11. The summed E-state index contributed by atoms with van der Waals surface area (Å²) in [5, 5.41) is 3.49. The zero-order valence-electron chi connectivity index (χ0n) is 22.4. The zero-order chi connectivity index (χ0) is 28.7. The molecule has 0 bridgehead atoms. The van der Waals surface area contributed by atoms with Gasteiger partial charge in [0.25, 0.3) is 10.0 Å². The van der Waals surface area contributed by atoms with Gasteiger partial charge in [0.15, 0.2) is 0 Å². The number of nitrogens with zero attached hydrogens (tertiary/aromatic N) is 2. The number of anilines is 1. The summed E-state index contributed by atoms with van der Waals surface area (Å²) >= 11 is 12.8. The topological polar surface area (TPSA) is 86.8 Å². The molecule has 2 amide bonds. The van der Waals surface area contributed by atoms with Crippen LogP contribution < -0.4 is 9.62 Å². The van der Waals surface area contributed by atoms with E-state index in [0.29, 0.717) is 27.7 Å². The lowest BCUT2D eigenvalue weighted by Gasteiger charge is -2.33. The molecule has 3 aromatic carbocycles. The molecule has 0 aromatic heterocycles. The highest BCUT2D eigenvalue weighted by Crippen LogP contribution is 2.30. The quantitative estimate of drug-likeness (QED) is 0.311. The van der Waals surface area contributed by atoms with Gasteiger partial charge < -0.3 is 10.2 Å². The molecule has 0 aliphatic rings. The monoisotopic (exact) mass is 589 g/mol. The molecule has 1 atom stereocenters. The Hall–Kier alpha value is -3.07. The Balaban J connectivity index is 2.10. The number of halogens is 2. The molecule has 39 heavy (non-hydrogen) atoms. The summed E-state index contributed by atoms with van der Waals surface area (Å²) in [5.74, 6) is -0.962. The van der Waals surface area contributed by atoms with Crippen molar-refractivity contribution in [3.63, 3.8) is 0 Å². The summed E-state index contributed by atoms with van der Waals surface area (Å²) in [4.78, 5) is 28.4. The second kappa shape index (κ2) is 13.3. The van der Waals surface area contributed by atoms with E-state index in [4.69, 9.17) is 23.2 Å². The second-order valence-electron chi connectivity index (χ2n) is 9.37. The van der Waals surface area contributed by atoms with E-state index in [9.17, 15) is 18.0 Å². The maximum atomic E-state index is 14.0. The van der Waals surface area contributed by atoms with Crippen molar-refractivity contribution in [2.45, 2.75) is 57.6 Å². The van der Waals surface area contributed by atoms with Crippen LogP contribution in [0.3, 0.4) is 0 Å². The van der Waals surface area contributed by atoms with Crippen LogP contribution in [-0.4, -0.2) is 43.8 Å². The number of aryl methyl sites for hydroxylation is 1. The maximum Gasteiger partial charge on any atom is 0.264 e. The van der Waals surface area contributed by atoms with Gasteiger partial charge in [-0.2, -0.15) is 0 Å². The molecule has 10 heteroatoms. The number of para-hydroxylation sites is 1. The van der Waals surface area contributed by atoms with E-state index in [1.54, 1.807) is 55.5 Å². The van der Waals surface area contributed by atoms with Gasteiger partial charge in [-0.15, -0.1) is 0 Å². The highest BCUT2D eigenvalue weighted by atomic mass is 35.5. The van der Waals surface area contributed by atoms with Gasteiger partial charge in [0.05, 0.1) is 10.6 Å². The number of hydrogen-bond donors (Lipinski definition) is 1. The van der Waals surface area contributed by atoms with Crippen LogP contribution >= 0.6 is 23.2 Å². The number of carbonyl (C=O) groups is 2. The molecule has 1 unspecified atom stereocenters. The third-order valence-electron chi connectivity index (χ3n) is 6.24. The van der Waals surface area contributed by atoms with Gasteiger partial charge in [-0.3, -0.25) is 13.9 Å². The zero-order valence-corrected chi connectivity index (χ0v) is 24.7. The van der Waals surface area contributed by atoms with E-state index in [2.05, 4.69) is 5.32 Å². The normalized spacial score (nSPS) is 12.2. The first-order chi connectivity index (χ1) is 18.5. The van der Waals surface area contributed by atoms with Crippen molar-refractivity contribution in [1.29, 1.82) is 0 Å². The summed E-state index contributed by atoms with van der Waals surface area (Å²) < 4.78 is 28.9. The molecule has 3 rings (SSSR count). The van der Waals surface area contributed by atoms with Crippen molar-refractivity contribution < 1.29 is 18.0 Å². The third-order valence-corrected chi connectivity index (χ3v) is 8.72. The van der Waals surface area contributed by atoms with Crippen LogP contribution in [0.2, 0.25) is 10.0 Å². The number of nitrogens with one attached hydrogen (secondary N) is 1. The van der Waals surface area contributed by atoms with Crippen LogP contribution in [0.25, 0.3) is 0 Å². The van der Waals surface area contributed by atoms with Crippen molar-refractivity contribution >= 4 is 50.7 Å². The van der Waals surface area contributed by atoms with Gasteiger partial charge in [-0.05, 0) is 63.1 Å². The van der Waals surface area contributed by atoms with Crippen LogP contribution in [-0.2, 0) is 32.6 Å². The lowest BCUT2D eigenvalue weighted by molar-refractivity contribution is -0.139. The fraction of sp³-hybridized carbons (Fsp3) is 0.310.